The van der Waals surface area contributed by atoms with Crippen molar-refractivity contribution < 1.29 is 13.2 Å². The molecule has 0 fully saturated rings. The molecule has 0 saturated carbocycles. The summed E-state index contributed by atoms with van der Waals surface area (Å²) in [7, 11) is -2.32. The zero-order valence-corrected chi connectivity index (χ0v) is 15.4. The van der Waals surface area contributed by atoms with Gasteiger partial charge in [-0.2, -0.15) is 0 Å². The molecule has 1 atom stereocenters. The molecule has 1 heterocycles. The van der Waals surface area contributed by atoms with Crippen LogP contribution in [0.5, 0.6) is 5.88 Å². The molecule has 3 aromatic rings. The fourth-order valence-electron chi connectivity index (χ4n) is 2.70. The molecule has 6 heteroatoms. The van der Waals surface area contributed by atoms with Crippen molar-refractivity contribution in [1.82, 2.24) is 3.97 Å². The normalized spacial score (nSPS) is 12.9. The molecule has 0 aliphatic carbocycles. The van der Waals surface area contributed by atoms with Gasteiger partial charge in [0.05, 0.1) is 12.6 Å². The van der Waals surface area contributed by atoms with Gasteiger partial charge in [-0.15, -0.1) is 6.58 Å². The van der Waals surface area contributed by atoms with Crippen LogP contribution < -0.4 is 4.74 Å². The molecule has 1 unspecified atom stereocenters. The highest BCUT2D eigenvalue weighted by Gasteiger charge is 2.30. The first-order chi connectivity index (χ1) is 11.5. The largest absolute Gasteiger partial charge is 0.481 e. The molecule has 0 aliphatic rings. The first-order valence-electron chi connectivity index (χ1n) is 7.26. The maximum Gasteiger partial charge on any atom is 0.252 e. The fourth-order valence-corrected chi connectivity index (χ4v) is 4.76. The van der Waals surface area contributed by atoms with Crippen LogP contribution in [0, 0.1) is 0 Å². The quantitative estimate of drug-likeness (QED) is 0.586. The van der Waals surface area contributed by atoms with Crippen LogP contribution in [-0.4, -0.2) is 19.5 Å². The molecule has 0 radical (unpaired) electrons. The zero-order chi connectivity index (χ0) is 17.3. The van der Waals surface area contributed by atoms with Gasteiger partial charge in [0.2, 0.25) is 5.88 Å². The number of aromatic nitrogens is 1. The van der Waals surface area contributed by atoms with Crippen LogP contribution in [-0.2, 0) is 10.0 Å². The number of methoxy groups -OCH3 is 1. The molecule has 4 nitrogen and oxygen atoms in total. The van der Waals surface area contributed by atoms with Crippen molar-refractivity contribution in [2.24, 2.45) is 0 Å². The average molecular weight is 406 g/mol. The lowest BCUT2D eigenvalue weighted by Crippen LogP contribution is -2.20. The molecule has 0 bridgehead atoms. The molecule has 3 rings (SSSR count). The van der Waals surface area contributed by atoms with Gasteiger partial charge in [-0.05, 0) is 23.8 Å². The van der Waals surface area contributed by atoms with E-state index in [1.807, 2.05) is 24.3 Å². The van der Waals surface area contributed by atoms with Crippen LogP contribution in [0.1, 0.15) is 10.8 Å². The second-order valence-electron chi connectivity index (χ2n) is 5.26. The third-order valence-corrected chi connectivity index (χ3v) is 6.35. The number of hydrogen-bond acceptors (Lipinski definition) is 3. The summed E-state index contributed by atoms with van der Waals surface area (Å²) < 4.78 is 34.0. The lowest BCUT2D eigenvalue weighted by molar-refractivity contribution is 0.394. The number of rotatable bonds is 5. The number of para-hydroxylation sites is 1. The van der Waals surface area contributed by atoms with E-state index < -0.39 is 15.3 Å². The van der Waals surface area contributed by atoms with Crippen molar-refractivity contribution in [1.29, 1.82) is 0 Å². The minimum atomic E-state index is -3.78. The number of ether oxygens (including phenoxy) is 1. The minimum Gasteiger partial charge on any atom is -0.481 e. The molecule has 0 saturated heterocycles. The van der Waals surface area contributed by atoms with Crippen LogP contribution in [0.15, 0.2) is 71.7 Å². The van der Waals surface area contributed by atoms with Crippen molar-refractivity contribution in [2.45, 2.75) is 5.25 Å². The highest BCUT2D eigenvalue weighted by atomic mass is 79.9. The lowest BCUT2D eigenvalue weighted by atomic mass is 10.1. The fraction of sp³-hybridized carbons (Fsp3) is 0.111. The van der Waals surface area contributed by atoms with Crippen molar-refractivity contribution in [3.8, 4) is 5.88 Å². The Balaban J connectivity index is 2.23. The standard InChI is InChI=1S/C18H16BrNO3S/c1-3-17(13-8-10-15(19)11-9-13)24(21,22)20-16-7-5-4-6-14(16)12-18(20)23-2/h3-12,17H,1H2,2H3. The van der Waals surface area contributed by atoms with Gasteiger partial charge in [-0.25, -0.2) is 12.4 Å². The molecule has 0 aliphatic heterocycles. The van der Waals surface area contributed by atoms with E-state index in [0.29, 0.717) is 11.1 Å². The summed E-state index contributed by atoms with van der Waals surface area (Å²) in [4.78, 5) is 0. The molecule has 1 aromatic heterocycles. The van der Waals surface area contributed by atoms with Gasteiger partial charge < -0.3 is 4.74 Å². The van der Waals surface area contributed by atoms with E-state index in [2.05, 4.69) is 22.5 Å². The summed E-state index contributed by atoms with van der Waals surface area (Å²) in [5.74, 6) is 0.278. The minimum absolute atomic E-state index is 0.278. The van der Waals surface area contributed by atoms with E-state index in [9.17, 15) is 8.42 Å². The Bertz CT molecular complexity index is 991. The summed E-state index contributed by atoms with van der Waals surface area (Å²) in [6, 6.07) is 16.2. The first-order valence-corrected chi connectivity index (χ1v) is 9.55. The van der Waals surface area contributed by atoms with E-state index >= 15 is 0 Å². The maximum atomic E-state index is 13.3. The van der Waals surface area contributed by atoms with Gasteiger partial charge in [0.15, 0.2) is 0 Å². The van der Waals surface area contributed by atoms with Gasteiger partial charge in [0, 0.05) is 15.9 Å². The van der Waals surface area contributed by atoms with Gasteiger partial charge in [-0.1, -0.05) is 52.3 Å². The van der Waals surface area contributed by atoms with Crippen LogP contribution in [0.4, 0.5) is 0 Å². The molecule has 24 heavy (non-hydrogen) atoms. The predicted molar refractivity (Wildman–Crippen MR) is 99.9 cm³/mol. The van der Waals surface area contributed by atoms with Crippen molar-refractivity contribution in [2.75, 3.05) is 7.11 Å². The Kier molecular flexibility index (Phi) is 4.51. The second kappa shape index (κ2) is 6.45. The summed E-state index contributed by atoms with van der Waals surface area (Å²) in [6.45, 7) is 3.73. The van der Waals surface area contributed by atoms with E-state index in [1.165, 1.54) is 17.2 Å². The molecule has 0 spiro atoms. The Labute approximate surface area is 149 Å². The third-order valence-electron chi connectivity index (χ3n) is 3.83. The number of fused-ring (bicyclic) bond motifs is 1. The monoisotopic (exact) mass is 405 g/mol. The van der Waals surface area contributed by atoms with E-state index in [0.717, 1.165) is 9.86 Å². The number of hydrogen-bond donors (Lipinski definition) is 0. The predicted octanol–water partition coefficient (Wildman–Crippen LogP) is 4.52. The molecule has 0 amide bonds. The Morgan fingerprint density at radius 3 is 2.46 bits per heavy atom. The van der Waals surface area contributed by atoms with Crippen molar-refractivity contribution >= 4 is 36.9 Å². The first kappa shape index (κ1) is 16.8. The third kappa shape index (κ3) is 2.76. The zero-order valence-electron chi connectivity index (χ0n) is 13.0. The van der Waals surface area contributed by atoms with E-state index in [-0.39, 0.29) is 5.88 Å². The van der Waals surface area contributed by atoms with Crippen molar-refractivity contribution in [3.63, 3.8) is 0 Å². The molecule has 2 aromatic carbocycles. The van der Waals surface area contributed by atoms with Crippen LogP contribution in [0.25, 0.3) is 10.9 Å². The Morgan fingerprint density at radius 1 is 1.17 bits per heavy atom. The van der Waals surface area contributed by atoms with Crippen LogP contribution in [0.3, 0.4) is 0 Å². The maximum absolute atomic E-state index is 13.3. The lowest BCUT2D eigenvalue weighted by Gasteiger charge is -2.18. The molecule has 124 valence electrons. The molecular weight excluding hydrogens is 390 g/mol. The van der Waals surface area contributed by atoms with Crippen LogP contribution in [0.2, 0.25) is 0 Å². The average Bonchev–Trinajstić information content (AvgIpc) is 2.96. The Hall–Kier alpha value is -2.05. The van der Waals surface area contributed by atoms with Gasteiger partial charge in [-0.3, -0.25) is 0 Å². The highest BCUT2D eigenvalue weighted by Crippen LogP contribution is 2.34. The SMILES string of the molecule is C=CC(c1ccc(Br)cc1)S(=O)(=O)n1c(OC)cc2ccccc21. The van der Waals surface area contributed by atoms with Gasteiger partial charge >= 0.3 is 0 Å². The van der Waals surface area contributed by atoms with Gasteiger partial charge in [0.25, 0.3) is 10.0 Å². The van der Waals surface area contributed by atoms with Gasteiger partial charge in [0.1, 0.15) is 5.25 Å². The van der Waals surface area contributed by atoms with Crippen LogP contribution >= 0.6 is 15.9 Å². The van der Waals surface area contributed by atoms with Crippen molar-refractivity contribution in [3.05, 3.63) is 77.3 Å². The smallest absolute Gasteiger partial charge is 0.252 e. The summed E-state index contributed by atoms with van der Waals surface area (Å²) in [6.07, 6.45) is 1.44. The molecule has 0 N–H and O–H groups in total. The van der Waals surface area contributed by atoms with E-state index in [1.54, 1.807) is 30.3 Å². The van der Waals surface area contributed by atoms with E-state index in [4.69, 9.17) is 4.74 Å². The second-order valence-corrected chi connectivity index (χ2v) is 8.08. The topological polar surface area (TPSA) is 48.3 Å². The number of nitrogens with zero attached hydrogens (tertiary/aromatic N) is 1. The molecular formula is C18H16BrNO3S. The number of benzene rings is 2. The summed E-state index contributed by atoms with van der Waals surface area (Å²) >= 11 is 3.36. The number of halogens is 1. The summed E-state index contributed by atoms with van der Waals surface area (Å²) in [5, 5.41) is -0.0770. The highest BCUT2D eigenvalue weighted by molar-refractivity contribution is 9.10. The Morgan fingerprint density at radius 2 is 1.83 bits per heavy atom. The summed E-state index contributed by atoms with van der Waals surface area (Å²) in [5.41, 5.74) is 1.23.